The summed E-state index contributed by atoms with van der Waals surface area (Å²) in [6.45, 7) is 5.59. The Kier molecular flexibility index (Phi) is 3.04. The monoisotopic (exact) mass is 148 g/mol. The van der Waals surface area contributed by atoms with E-state index >= 15 is 0 Å². The van der Waals surface area contributed by atoms with Crippen molar-refractivity contribution in [3.63, 3.8) is 0 Å². The lowest BCUT2D eigenvalue weighted by molar-refractivity contribution is -0.142. The second-order valence-electron chi connectivity index (χ2n) is 2.62. The third-order valence-electron chi connectivity index (χ3n) is 1.52. The summed E-state index contributed by atoms with van der Waals surface area (Å²) < 4.78 is 4.26. The van der Waals surface area contributed by atoms with Gasteiger partial charge < -0.3 is 4.18 Å². The molecule has 0 aliphatic heterocycles. The molecule has 0 aliphatic rings. The number of rotatable bonds is 2. The van der Waals surface area contributed by atoms with E-state index in [0.29, 0.717) is 0 Å². The third-order valence-corrected chi connectivity index (χ3v) is 1.69. The van der Waals surface area contributed by atoms with Crippen molar-refractivity contribution in [2.75, 3.05) is 0 Å². The highest BCUT2D eigenvalue weighted by atomic mass is 32.1. The molecule has 0 unspecified atom stereocenters. The smallest absolute Gasteiger partial charge is 0.323 e. The van der Waals surface area contributed by atoms with Crippen LogP contribution in [0.2, 0.25) is 0 Å². The van der Waals surface area contributed by atoms with E-state index in [9.17, 15) is 4.79 Å². The molecule has 0 spiro atoms. The van der Waals surface area contributed by atoms with Gasteiger partial charge in [0.1, 0.15) is 0 Å². The standard InChI is InChI=1S/C6H12O2S/c1-4-6(2,3)5(7)8-9/h9H,4H2,1-3H3. The van der Waals surface area contributed by atoms with Crippen molar-refractivity contribution in [3.05, 3.63) is 0 Å². The summed E-state index contributed by atoms with van der Waals surface area (Å²) in [7, 11) is 0. The Morgan fingerprint density at radius 2 is 2.11 bits per heavy atom. The number of carbonyl (C=O) groups is 1. The molecule has 0 saturated heterocycles. The molecule has 0 radical (unpaired) electrons. The second-order valence-corrected chi connectivity index (χ2v) is 2.80. The summed E-state index contributed by atoms with van der Waals surface area (Å²) in [4.78, 5) is 10.8. The molecule has 0 atom stereocenters. The molecule has 0 bridgehead atoms. The molecule has 0 aromatic carbocycles. The van der Waals surface area contributed by atoms with Gasteiger partial charge in [0.2, 0.25) is 0 Å². The lowest BCUT2D eigenvalue weighted by atomic mass is 9.91. The van der Waals surface area contributed by atoms with Gasteiger partial charge in [0.15, 0.2) is 0 Å². The number of thiol groups is 1. The molecule has 0 amide bonds. The molecular weight excluding hydrogens is 136 g/mol. The molecule has 0 fully saturated rings. The van der Waals surface area contributed by atoms with Crippen molar-refractivity contribution in [1.82, 2.24) is 0 Å². The molecule has 3 heteroatoms. The molecule has 0 heterocycles. The summed E-state index contributed by atoms with van der Waals surface area (Å²) in [5.41, 5.74) is -0.387. The van der Waals surface area contributed by atoms with Crippen LogP contribution < -0.4 is 0 Å². The van der Waals surface area contributed by atoms with E-state index in [1.807, 2.05) is 20.8 Å². The Bertz CT molecular complexity index is 110. The fourth-order valence-electron chi connectivity index (χ4n) is 0.268. The topological polar surface area (TPSA) is 26.3 Å². The van der Waals surface area contributed by atoms with Gasteiger partial charge in [0.25, 0.3) is 0 Å². The van der Waals surface area contributed by atoms with Gasteiger partial charge in [-0.25, -0.2) is 0 Å². The molecule has 0 aliphatic carbocycles. The van der Waals surface area contributed by atoms with E-state index in [1.54, 1.807) is 0 Å². The van der Waals surface area contributed by atoms with Crippen LogP contribution in [0.15, 0.2) is 0 Å². The number of hydrogen-bond acceptors (Lipinski definition) is 3. The van der Waals surface area contributed by atoms with Crippen molar-refractivity contribution in [2.45, 2.75) is 27.2 Å². The van der Waals surface area contributed by atoms with Crippen LogP contribution in [0.25, 0.3) is 0 Å². The van der Waals surface area contributed by atoms with Crippen LogP contribution in [-0.2, 0) is 8.98 Å². The first-order valence-electron chi connectivity index (χ1n) is 2.90. The van der Waals surface area contributed by atoms with Crippen molar-refractivity contribution in [1.29, 1.82) is 0 Å². The largest absolute Gasteiger partial charge is 0.394 e. The van der Waals surface area contributed by atoms with Crippen LogP contribution in [0.3, 0.4) is 0 Å². The predicted molar refractivity (Wildman–Crippen MR) is 39.2 cm³/mol. The Balaban J connectivity index is 3.97. The first-order valence-corrected chi connectivity index (χ1v) is 3.27. The van der Waals surface area contributed by atoms with Crippen LogP contribution in [-0.4, -0.2) is 5.97 Å². The van der Waals surface area contributed by atoms with Gasteiger partial charge in [-0.1, -0.05) is 6.92 Å². The van der Waals surface area contributed by atoms with Gasteiger partial charge >= 0.3 is 5.97 Å². The van der Waals surface area contributed by atoms with E-state index < -0.39 is 0 Å². The normalized spacial score (nSPS) is 11.1. The minimum absolute atomic E-state index is 0.270. The molecule has 54 valence electrons. The van der Waals surface area contributed by atoms with Crippen molar-refractivity contribution >= 4 is 18.9 Å². The zero-order valence-electron chi connectivity index (χ0n) is 5.97. The van der Waals surface area contributed by atoms with E-state index in [-0.39, 0.29) is 11.4 Å². The van der Waals surface area contributed by atoms with Crippen LogP contribution >= 0.6 is 12.9 Å². The van der Waals surface area contributed by atoms with Crippen LogP contribution in [0, 0.1) is 5.41 Å². The molecular formula is C6H12O2S. The van der Waals surface area contributed by atoms with Gasteiger partial charge in [0.05, 0.1) is 5.41 Å². The summed E-state index contributed by atoms with van der Waals surface area (Å²) in [5.74, 6) is -0.270. The lowest BCUT2D eigenvalue weighted by Gasteiger charge is -2.17. The highest BCUT2D eigenvalue weighted by Gasteiger charge is 2.26. The average molecular weight is 148 g/mol. The van der Waals surface area contributed by atoms with Crippen LogP contribution in [0.4, 0.5) is 0 Å². The molecule has 2 nitrogen and oxygen atoms in total. The van der Waals surface area contributed by atoms with Gasteiger partial charge in [-0.05, 0) is 20.3 Å². The maximum absolute atomic E-state index is 10.8. The second kappa shape index (κ2) is 3.11. The van der Waals surface area contributed by atoms with Gasteiger partial charge in [-0.2, -0.15) is 0 Å². The summed E-state index contributed by atoms with van der Waals surface area (Å²) >= 11 is 3.41. The number of carbonyl (C=O) groups excluding carboxylic acids is 1. The van der Waals surface area contributed by atoms with E-state index in [0.717, 1.165) is 6.42 Å². The van der Waals surface area contributed by atoms with Crippen molar-refractivity contribution in [3.8, 4) is 0 Å². The maximum Gasteiger partial charge on any atom is 0.323 e. The minimum atomic E-state index is -0.387. The summed E-state index contributed by atoms with van der Waals surface area (Å²) in [5, 5.41) is 0. The third kappa shape index (κ3) is 2.26. The first-order chi connectivity index (χ1) is 4.04. The minimum Gasteiger partial charge on any atom is -0.394 e. The SMILES string of the molecule is CCC(C)(C)C(=O)OS. The molecule has 9 heavy (non-hydrogen) atoms. The molecule has 0 saturated carbocycles. The Morgan fingerprint density at radius 1 is 1.67 bits per heavy atom. The van der Waals surface area contributed by atoms with Gasteiger partial charge in [-0.15, -0.1) is 0 Å². The first kappa shape index (κ1) is 8.82. The fraction of sp³-hybridized carbons (Fsp3) is 0.833. The van der Waals surface area contributed by atoms with E-state index in [4.69, 9.17) is 0 Å². The average Bonchev–Trinajstić information content (AvgIpc) is 1.86. The molecule has 0 aromatic rings. The Labute approximate surface area is 61.2 Å². The quantitative estimate of drug-likeness (QED) is 0.477. The maximum atomic E-state index is 10.8. The molecule has 0 rings (SSSR count). The van der Waals surface area contributed by atoms with Crippen molar-refractivity contribution in [2.24, 2.45) is 5.41 Å². The van der Waals surface area contributed by atoms with Gasteiger partial charge in [-0.3, -0.25) is 4.79 Å². The number of hydrogen-bond donors (Lipinski definition) is 1. The summed E-state index contributed by atoms with van der Waals surface area (Å²) in [6.07, 6.45) is 0.770. The zero-order chi connectivity index (χ0) is 7.49. The van der Waals surface area contributed by atoms with E-state index in [1.165, 1.54) is 0 Å². The summed E-state index contributed by atoms with van der Waals surface area (Å²) in [6, 6.07) is 0. The molecule has 0 aromatic heterocycles. The Hall–Kier alpha value is -0.180. The molecule has 0 N–H and O–H groups in total. The Morgan fingerprint density at radius 3 is 2.22 bits per heavy atom. The highest BCUT2D eigenvalue weighted by Crippen LogP contribution is 2.21. The fourth-order valence-corrected chi connectivity index (χ4v) is 0.515. The van der Waals surface area contributed by atoms with Crippen LogP contribution in [0.1, 0.15) is 27.2 Å². The lowest BCUT2D eigenvalue weighted by Crippen LogP contribution is -2.22. The predicted octanol–water partition coefficient (Wildman–Crippen LogP) is 1.81. The van der Waals surface area contributed by atoms with Crippen LogP contribution in [0.5, 0.6) is 0 Å². The van der Waals surface area contributed by atoms with E-state index in [2.05, 4.69) is 17.1 Å². The highest BCUT2D eigenvalue weighted by molar-refractivity contribution is 7.75. The zero-order valence-corrected chi connectivity index (χ0v) is 6.87. The van der Waals surface area contributed by atoms with Crippen molar-refractivity contribution < 1.29 is 8.98 Å². The van der Waals surface area contributed by atoms with Gasteiger partial charge in [0, 0.05) is 12.9 Å².